The number of ether oxygens (including phenoxy) is 1. The largest absolute Gasteiger partial charge is 0.385 e. The highest BCUT2D eigenvalue weighted by Crippen LogP contribution is 2.15. The highest BCUT2D eigenvalue weighted by molar-refractivity contribution is 5.51. The highest BCUT2D eigenvalue weighted by Gasteiger charge is 1.96. The first-order chi connectivity index (χ1) is 7.24. The molecule has 2 heteroatoms. The first-order valence-corrected chi connectivity index (χ1v) is 5.54. The molecule has 0 spiro atoms. The van der Waals surface area contributed by atoms with Gasteiger partial charge < -0.3 is 10.1 Å². The molecule has 1 aromatic rings. The van der Waals surface area contributed by atoms with E-state index in [4.69, 9.17) is 4.74 Å². The summed E-state index contributed by atoms with van der Waals surface area (Å²) in [7, 11) is 1.75. The lowest BCUT2D eigenvalue weighted by atomic mass is 10.1. The zero-order valence-electron chi connectivity index (χ0n) is 9.97. The topological polar surface area (TPSA) is 21.3 Å². The number of unbranched alkanes of at least 4 members (excludes halogenated alkanes) is 1. The summed E-state index contributed by atoms with van der Waals surface area (Å²) in [6.07, 6.45) is 2.27. The zero-order chi connectivity index (χ0) is 11.1. The number of hydrogen-bond donors (Lipinski definition) is 1. The Hall–Kier alpha value is -1.02. The van der Waals surface area contributed by atoms with E-state index in [1.165, 1.54) is 16.8 Å². The molecule has 0 aliphatic carbocycles. The fourth-order valence-electron chi connectivity index (χ4n) is 1.61. The lowest BCUT2D eigenvalue weighted by Crippen LogP contribution is -2.04. The van der Waals surface area contributed by atoms with Crippen LogP contribution in [0.15, 0.2) is 18.2 Å². The molecule has 2 nitrogen and oxygen atoms in total. The third kappa shape index (κ3) is 4.34. The average molecular weight is 207 g/mol. The molecule has 1 rings (SSSR count). The molecular weight excluding hydrogens is 186 g/mol. The van der Waals surface area contributed by atoms with Gasteiger partial charge in [0.2, 0.25) is 0 Å². The van der Waals surface area contributed by atoms with Crippen LogP contribution in [0.1, 0.15) is 24.0 Å². The number of anilines is 1. The van der Waals surface area contributed by atoms with Crippen LogP contribution in [-0.4, -0.2) is 20.3 Å². The third-order valence-corrected chi connectivity index (χ3v) is 2.47. The van der Waals surface area contributed by atoms with E-state index >= 15 is 0 Å². The molecule has 15 heavy (non-hydrogen) atoms. The van der Waals surface area contributed by atoms with Gasteiger partial charge in [0, 0.05) is 25.9 Å². The Kier molecular flexibility index (Phi) is 5.19. The maximum atomic E-state index is 5.01. The minimum Gasteiger partial charge on any atom is -0.385 e. The Balaban J connectivity index is 2.31. The van der Waals surface area contributed by atoms with Gasteiger partial charge in [-0.1, -0.05) is 17.7 Å². The summed E-state index contributed by atoms with van der Waals surface area (Å²) in [6, 6.07) is 6.50. The van der Waals surface area contributed by atoms with Crippen molar-refractivity contribution in [2.45, 2.75) is 26.7 Å². The Morgan fingerprint density at radius 3 is 2.67 bits per heavy atom. The fourth-order valence-corrected chi connectivity index (χ4v) is 1.61. The van der Waals surface area contributed by atoms with Gasteiger partial charge in [0.25, 0.3) is 0 Å². The van der Waals surface area contributed by atoms with Gasteiger partial charge in [-0.2, -0.15) is 0 Å². The van der Waals surface area contributed by atoms with Gasteiger partial charge in [-0.15, -0.1) is 0 Å². The number of hydrogen-bond acceptors (Lipinski definition) is 2. The van der Waals surface area contributed by atoms with Gasteiger partial charge in [0.15, 0.2) is 0 Å². The third-order valence-electron chi connectivity index (χ3n) is 2.47. The Morgan fingerprint density at radius 1 is 1.20 bits per heavy atom. The molecule has 0 aromatic heterocycles. The second kappa shape index (κ2) is 6.46. The molecule has 0 aliphatic heterocycles. The van der Waals surface area contributed by atoms with Crippen LogP contribution in [0.5, 0.6) is 0 Å². The summed E-state index contributed by atoms with van der Waals surface area (Å²) in [5, 5.41) is 3.44. The van der Waals surface area contributed by atoms with Crippen molar-refractivity contribution in [1.82, 2.24) is 0 Å². The normalized spacial score (nSPS) is 10.3. The Bertz CT molecular complexity index is 297. The second-order valence-corrected chi connectivity index (χ2v) is 3.95. The van der Waals surface area contributed by atoms with Crippen molar-refractivity contribution >= 4 is 5.69 Å². The summed E-state index contributed by atoms with van der Waals surface area (Å²) in [6.45, 7) is 6.14. The highest BCUT2D eigenvalue weighted by atomic mass is 16.5. The smallest absolute Gasteiger partial charge is 0.0462 e. The van der Waals surface area contributed by atoms with Crippen LogP contribution in [0.3, 0.4) is 0 Å². The summed E-state index contributed by atoms with van der Waals surface area (Å²) >= 11 is 0. The van der Waals surface area contributed by atoms with E-state index in [0.717, 1.165) is 26.0 Å². The number of methoxy groups -OCH3 is 1. The van der Waals surface area contributed by atoms with E-state index in [9.17, 15) is 0 Å². The first-order valence-electron chi connectivity index (χ1n) is 5.54. The van der Waals surface area contributed by atoms with E-state index < -0.39 is 0 Å². The molecule has 0 radical (unpaired) electrons. The predicted octanol–water partition coefficient (Wildman–Crippen LogP) is 3.14. The van der Waals surface area contributed by atoms with Gasteiger partial charge in [0.1, 0.15) is 0 Å². The van der Waals surface area contributed by atoms with E-state index in [1.807, 2.05) is 0 Å². The monoisotopic (exact) mass is 207 g/mol. The maximum Gasteiger partial charge on any atom is 0.0462 e. The molecule has 0 bridgehead atoms. The van der Waals surface area contributed by atoms with Crippen molar-refractivity contribution in [3.63, 3.8) is 0 Å². The SMILES string of the molecule is COCCCCNc1ccc(C)cc1C. The lowest BCUT2D eigenvalue weighted by molar-refractivity contribution is 0.194. The molecule has 0 heterocycles. The predicted molar refractivity (Wildman–Crippen MR) is 65.5 cm³/mol. The summed E-state index contributed by atoms with van der Waals surface area (Å²) in [4.78, 5) is 0. The van der Waals surface area contributed by atoms with Crippen LogP contribution in [0.25, 0.3) is 0 Å². The molecule has 1 aromatic carbocycles. The van der Waals surface area contributed by atoms with Gasteiger partial charge in [-0.3, -0.25) is 0 Å². The molecular formula is C13H21NO. The number of aryl methyl sites for hydroxylation is 2. The summed E-state index contributed by atoms with van der Waals surface area (Å²) in [5.74, 6) is 0. The molecule has 84 valence electrons. The Morgan fingerprint density at radius 2 is 2.00 bits per heavy atom. The maximum absolute atomic E-state index is 5.01. The number of nitrogens with one attached hydrogen (secondary N) is 1. The summed E-state index contributed by atoms with van der Waals surface area (Å²) < 4.78 is 5.01. The second-order valence-electron chi connectivity index (χ2n) is 3.95. The van der Waals surface area contributed by atoms with Crippen molar-refractivity contribution in [3.05, 3.63) is 29.3 Å². The minimum atomic E-state index is 0.856. The lowest BCUT2D eigenvalue weighted by Gasteiger charge is -2.09. The molecule has 0 atom stereocenters. The molecule has 0 amide bonds. The number of rotatable bonds is 6. The fraction of sp³-hybridized carbons (Fsp3) is 0.538. The van der Waals surface area contributed by atoms with Crippen LogP contribution < -0.4 is 5.32 Å². The molecule has 0 saturated heterocycles. The van der Waals surface area contributed by atoms with Crippen molar-refractivity contribution in [2.24, 2.45) is 0 Å². The van der Waals surface area contributed by atoms with Gasteiger partial charge >= 0.3 is 0 Å². The van der Waals surface area contributed by atoms with Gasteiger partial charge in [-0.05, 0) is 38.3 Å². The Labute approximate surface area is 92.6 Å². The van der Waals surface area contributed by atoms with Crippen LogP contribution in [-0.2, 0) is 4.74 Å². The molecule has 0 unspecified atom stereocenters. The van der Waals surface area contributed by atoms with Gasteiger partial charge in [0.05, 0.1) is 0 Å². The molecule has 0 fully saturated rings. The van der Waals surface area contributed by atoms with Crippen LogP contribution in [0, 0.1) is 13.8 Å². The van der Waals surface area contributed by atoms with E-state index in [0.29, 0.717) is 0 Å². The molecule has 1 N–H and O–H groups in total. The van der Waals surface area contributed by atoms with Crippen molar-refractivity contribution in [2.75, 3.05) is 25.6 Å². The quantitative estimate of drug-likeness (QED) is 0.724. The van der Waals surface area contributed by atoms with Gasteiger partial charge in [-0.25, -0.2) is 0 Å². The van der Waals surface area contributed by atoms with E-state index in [1.54, 1.807) is 7.11 Å². The average Bonchev–Trinajstić information content (AvgIpc) is 2.20. The van der Waals surface area contributed by atoms with Crippen LogP contribution >= 0.6 is 0 Å². The summed E-state index contributed by atoms with van der Waals surface area (Å²) in [5.41, 5.74) is 3.89. The van der Waals surface area contributed by atoms with Crippen molar-refractivity contribution < 1.29 is 4.74 Å². The molecule has 0 aliphatic rings. The standard InChI is InChI=1S/C13H21NO/c1-11-6-7-13(12(2)10-11)14-8-4-5-9-15-3/h6-7,10,14H,4-5,8-9H2,1-3H3. The molecule has 0 saturated carbocycles. The van der Waals surface area contributed by atoms with E-state index in [2.05, 4.69) is 37.4 Å². The number of benzene rings is 1. The minimum absolute atomic E-state index is 0.856. The first kappa shape index (κ1) is 12.1. The van der Waals surface area contributed by atoms with Crippen molar-refractivity contribution in [1.29, 1.82) is 0 Å². The van der Waals surface area contributed by atoms with Crippen LogP contribution in [0.2, 0.25) is 0 Å². The van der Waals surface area contributed by atoms with Crippen LogP contribution in [0.4, 0.5) is 5.69 Å². The zero-order valence-corrected chi connectivity index (χ0v) is 9.97. The van der Waals surface area contributed by atoms with E-state index in [-0.39, 0.29) is 0 Å². The van der Waals surface area contributed by atoms with Crippen molar-refractivity contribution in [3.8, 4) is 0 Å².